The summed E-state index contributed by atoms with van der Waals surface area (Å²) in [4.78, 5) is 15.4. The molecule has 2 N–H and O–H groups in total. The van der Waals surface area contributed by atoms with Crippen LogP contribution in [0.2, 0.25) is 0 Å². The van der Waals surface area contributed by atoms with Gasteiger partial charge < -0.3 is 9.72 Å². The standard InChI is InChI=1S/C18H17BrN2O4S/c1-25-18(22)17(10-12-11-20-16-5-3-2-4-15(12)16)21-26(23,24)14-8-6-13(19)7-9-14/h2-9,11,17,20-21H,10H2,1H3/t17-/m1/s1. The Morgan fingerprint density at radius 2 is 1.88 bits per heavy atom. The van der Waals surface area contributed by atoms with Gasteiger partial charge in [-0.25, -0.2) is 8.42 Å². The van der Waals surface area contributed by atoms with E-state index in [0.29, 0.717) is 0 Å². The monoisotopic (exact) mass is 436 g/mol. The van der Waals surface area contributed by atoms with E-state index in [1.54, 1.807) is 18.3 Å². The molecule has 1 atom stereocenters. The largest absolute Gasteiger partial charge is 0.468 e. The highest BCUT2D eigenvalue weighted by molar-refractivity contribution is 9.10. The summed E-state index contributed by atoms with van der Waals surface area (Å²) < 4.78 is 33.3. The molecule has 26 heavy (non-hydrogen) atoms. The molecule has 0 saturated heterocycles. The van der Waals surface area contributed by atoms with E-state index in [1.807, 2.05) is 24.3 Å². The molecular formula is C18H17BrN2O4S. The number of methoxy groups -OCH3 is 1. The average molecular weight is 437 g/mol. The van der Waals surface area contributed by atoms with Gasteiger partial charge in [-0.2, -0.15) is 4.72 Å². The van der Waals surface area contributed by atoms with Crippen molar-refractivity contribution in [1.82, 2.24) is 9.71 Å². The van der Waals surface area contributed by atoms with Crippen LogP contribution in [0.25, 0.3) is 10.9 Å². The van der Waals surface area contributed by atoms with Crippen LogP contribution >= 0.6 is 15.9 Å². The van der Waals surface area contributed by atoms with Crippen LogP contribution in [-0.2, 0) is 26.0 Å². The highest BCUT2D eigenvalue weighted by atomic mass is 79.9. The molecule has 0 fully saturated rings. The Labute approximate surface area is 159 Å². The Morgan fingerprint density at radius 1 is 1.19 bits per heavy atom. The number of carbonyl (C=O) groups excluding carboxylic acids is 1. The number of ether oxygens (including phenoxy) is 1. The normalized spacial score (nSPS) is 12.8. The van der Waals surface area contributed by atoms with Crippen molar-refractivity contribution < 1.29 is 17.9 Å². The van der Waals surface area contributed by atoms with Gasteiger partial charge in [0.1, 0.15) is 6.04 Å². The first kappa shape index (κ1) is 18.6. The van der Waals surface area contributed by atoms with Gasteiger partial charge >= 0.3 is 5.97 Å². The van der Waals surface area contributed by atoms with E-state index in [9.17, 15) is 13.2 Å². The molecule has 0 aliphatic rings. The molecule has 0 bridgehead atoms. The van der Waals surface area contributed by atoms with Crippen molar-refractivity contribution in [3.05, 3.63) is 64.8 Å². The summed E-state index contributed by atoms with van der Waals surface area (Å²) in [5.74, 6) is -0.643. The van der Waals surface area contributed by atoms with Gasteiger partial charge in [0.15, 0.2) is 0 Å². The predicted octanol–water partition coefficient (Wildman–Crippen LogP) is 2.99. The van der Waals surface area contributed by atoms with Crippen molar-refractivity contribution in [2.24, 2.45) is 0 Å². The van der Waals surface area contributed by atoms with Gasteiger partial charge in [-0.05, 0) is 35.9 Å². The summed E-state index contributed by atoms with van der Waals surface area (Å²) in [6, 6.07) is 12.8. The smallest absolute Gasteiger partial charge is 0.324 e. The molecule has 0 radical (unpaired) electrons. The van der Waals surface area contributed by atoms with Crippen LogP contribution in [0, 0.1) is 0 Å². The first-order valence-electron chi connectivity index (χ1n) is 7.81. The lowest BCUT2D eigenvalue weighted by atomic mass is 10.1. The Morgan fingerprint density at radius 3 is 2.58 bits per heavy atom. The molecule has 0 amide bonds. The highest BCUT2D eigenvalue weighted by Crippen LogP contribution is 2.21. The number of esters is 1. The third kappa shape index (κ3) is 3.98. The Balaban J connectivity index is 1.89. The van der Waals surface area contributed by atoms with Gasteiger partial charge in [0.2, 0.25) is 10.0 Å². The quantitative estimate of drug-likeness (QED) is 0.581. The van der Waals surface area contributed by atoms with Crippen LogP contribution in [0.1, 0.15) is 5.56 Å². The maximum atomic E-state index is 12.6. The molecule has 0 aliphatic heterocycles. The lowest BCUT2D eigenvalue weighted by molar-refractivity contribution is -0.142. The van der Waals surface area contributed by atoms with Gasteiger partial charge in [0.05, 0.1) is 12.0 Å². The third-order valence-electron chi connectivity index (χ3n) is 4.01. The molecule has 3 rings (SSSR count). The lowest BCUT2D eigenvalue weighted by Gasteiger charge is -2.16. The fourth-order valence-corrected chi connectivity index (χ4v) is 4.15. The SMILES string of the molecule is COC(=O)[C@@H](Cc1c[nH]c2ccccc12)NS(=O)(=O)c1ccc(Br)cc1. The van der Waals surface area contributed by atoms with Crippen LogP contribution in [-0.4, -0.2) is 32.5 Å². The number of benzene rings is 2. The van der Waals surface area contributed by atoms with E-state index in [4.69, 9.17) is 4.74 Å². The number of hydrogen-bond acceptors (Lipinski definition) is 4. The average Bonchev–Trinajstić information content (AvgIpc) is 3.04. The maximum absolute atomic E-state index is 12.6. The van der Waals surface area contributed by atoms with E-state index >= 15 is 0 Å². The van der Waals surface area contributed by atoms with Gasteiger partial charge in [-0.1, -0.05) is 34.1 Å². The molecule has 6 nitrogen and oxygen atoms in total. The number of nitrogens with one attached hydrogen (secondary N) is 2. The van der Waals surface area contributed by atoms with Crippen LogP contribution in [0.3, 0.4) is 0 Å². The summed E-state index contributed by atoms with van der Waals surface area (Å²) in [6.45, 7) is 0. The number of hydrogen-bond donors (Lipinski definition) is 2. The van der Waals surface area contributed by atoms with Crippen LogP contribution in [0.15, 0.2) is 64.1 Å². The summed E-state index contributed by atoms with van der Waals surface area (Å²) in [6.07, 6.45) is 1.95. The molecule has 3 aromatic rings. The van der Waals surface area contributed by atoms with Crippen molar-refractivity contribution in [2.75, 3.05) is 7.11 Å². The third-order valence-corrected chi connectivity index (χ3v) is 6.02. The molecule has 136 valence electrons. The number of sulfonamides is 1. The lowest BCUT2D eigenvalue weighted by Crippen LogP contribution is -2.42. The van der Waals surface area contributed by atoms with Gasteiger partial charge in [-0.15, -0.1) is 0 Å². The fraction of sp³-hybridized carbons (Fsp3) is 0.167. The molecule has 0 saturated carbocycles. The first-order valence-corrected chi connectivity index (χ1v) is 10.1. The number of aromatic amines is 1. The summed E-state index contributed by atoms with van der Waals surface area (Å²) in [7, 11) is -2.64. The number of halogens is 1. The van der Waals surface area contributed by atoms with Crippen molar-refractivity contribution >= 4 is 42.8 Å². The fourth-order valence-electron chi connectivity index (χ4n) is 2.70. The number of fused-ring (bicyclic) bond motifs is 1. The van der Waals surface area contributed by atoms with E-state index in [2.05, 4.69) is 25.6 Å². The van der Waals surface area contributed by atoms with Gasteiger partial charge in [0, 0.05) is 28.0 Å². The van der Waals surface area contributed by atoms with E-state index in [0.717, 1.165) is 20.9 Å². The Kier molecular flexibility index (Phi) is 5.45. The molecule has 0 unspecified atom stereocenters. The number of rotatable bonds is 6. The molecule has 1 heterocycles. The topological polar surface area (TPSA) is 88.3 Å². The molecule has 1 aromatic heterocycles. The minimum atomic E-state index is -3.87. The molecule has 0 aliphatic carbocycles. The molecule has 2 aromatic carbocycles. The molecule has 8 heteroatoms. The van der Waals surface area contributed by atoms with Crippen molar-refractivity contribution in [3.63, 3.8) is 0 Å². The number of carbonyl (C=O) groups is 1. The Hall–Kier alpha value is -2.16. The number of H-pyrrole nitrogens is 1. The van der Waals surface area contributed by atoms with Crippen LogP contribution in [0.5, 0.6) is 0 Å². The second-order valence-corrected chi connectivity index (χ2v) is 8.34. The van der Waals surface area contributed by atoms with Crippen molar-refractivity contribution in [1.29, 1.82) is 0 Å². The van der Waals surface area contributed by atoms with E-state index < -0.39 is 22.0 Å². The van der Waals surface area contributed by atoms with Crippen LogP contribution < -0.4 is 4.72 Å². The van der Waals surface area contributed by atoms with Gasteiger partial charge in [-0.3, -0.25) is 4.79 Å². The molecular weight excluding hydrogens is 420 g/mol. The minimum absolute atomic E-state index is 0.0773. The number of aromatic nitrogens is 1. The zero-order chi connectivity index (χ0) is 18.7. The molecule has 0 spiro atoms. The summed E-state index contributed by atoms with van der Waals surface area (Å²) in [5.41, 5.74) is 1.75. The summed E-state index contributed by atoms with van der Waals surface area (Å²) in [5, 5.41) is 0.934. The van der Waals surface area contributed by atoms with Crippen LogP contribution in [0.4, 0.5) is 0 Å². The zero-order valence-electron chi connectivity index (χ0n) is 13.9. The van der Waals surface area contributed by atoms with Crippen molar-refractivity contribution in [2.45, 2.75) is 17.4 Å². The van der Waals surface area contributed by atoms with Gasteiger partial charge in [0.25, 0.3) is 0 Å². The zero-order valence-corrected chi connectivity index (χ0v) is 16.3. The maximum Gasteiger partial charge on any atom is 0.324 e. The minimum Gasteiger partial charge on any atom is -0.468 e. The second-order valence-electron chi connectivity index (χ2n) is 5.71. The second kappa shape index (κ2) is 7.61. The van der Waals surface area contributed by atoms with E-state index in [-0.39, 0.29) is 11.3 Å². The summed E-state index contributed by atoms with van der Waals surface area (Å²) >= 11 is 3.27. The predicted molar refractivity (Wildman–Crippen MR) is 102 cm³/mol. The first-order chi connectivity index (χ1) is 12.4. The van der Waals surface area contributed by atoms with E-state index in [1.165, 1.54) is 19.2 Å². The van der Waals surface area contributed by atoms with Crippen molar-refractivity contribution in [3.8, 4) is 0 Å². The highest BCUT2D eigenvalue weighted by Gasteiger charge is 2.27. The number of para-hydroxylation sites is 1. The Bertz CT molecular complexity index is 1030.